The van der Waals surface area contributed by atoms with Crippen LogP contribution >= 0.6 is 0 Å². The number of hydrogen-bond acceptors (Lipinski definition) is 5. The predicted octanol–water partition coefficient (Wildman–Crippen LogP) is 0.705. The van der Waals surface area contributed by atoms with E-state index in [-0.39, 0.29) is 12.3 Å². The van der Waals surface area contributed by atoms with Gasteiger partial charge in [-0.2, -0.15) is 4.98 Å². The van der Waals surface area contributed by atoms with Gasteiger partial charge >= 0.3 is 5.97 Å². The van der Waals surface area contributed by atoms with Gasteiger partial charge in [-0.1, -0.05) is 0 Å². The van der Waals surface area contributed by atoms with Gasteiger partial charge in [-0.3, -0.25) is 4.79 Å². The minimum atomic E-state index is -0.752. The van der Waals surface area contributed by atoms with E-state index in [1.807, 2.05) is 11.8 Å². The first-order valence-electron chi connectivity index (χ1n) is 5.45. The zero-order chi connectivity index (χ0) is 12.4. The van der Waals surface area contributed by atoms with E-state index in [1.165, 1.54) is 0 Å². The van der Waals surface area contributed by atoms with Gasteiger partial charge in [-0.25, -0.2) is 4.98 Å². The Morgan fingerprint density at radius 3 is 2.88 bits per heavy atom. The SMILES string of the molecule is COc1cc(C)nc(N2CC(CC(=O)O)C2)n1. The second-order valence-electron chi connectivity index (χ2n) is 4.22. The monoisotopic (exact) mass is 237 g/mol. The summed E-state index contributed by atoms with van der Waals surface area (Å²) in [5.74, 6) is 0.595. The zero-order valence-electron chi connectivity index (χ0n) is 9.88. The molecule has 0 unspecified atom stereocenters. The highest BCUT2D eigenvalue weighted by molar-refractivity contribution is 5.67. The van der Waals surface area contributed by atoms with Crippen LogP contribution in [0.25, 0.3) is 0 Å². The van der Waals surface area contributed by atoms with Gasteiger partial charge in [0, 0.05) is 30.8 Å². The third-order valence-corrected chi connectivity index (χ3v) is 2.73. The van der Waals surface area contributed by atoms with Crippen LogP contribution in [0.5, 0.6) is 5.88 Å². The molecule has 0 spiro atoms. The Labute approximate surface area is 99.2 Å². The molecule has 0 radical (unpaired) electrons. The Morgan fingerprint density at radius 1 is 1.59 bits per heavy atom. The number of carboxylic acids is 1. The van der Waals surface area contributed by atoms with Crippen molar-refractivity contribution >= 4 is 11.9 Å². The van der Waals surface area contributed by atoms with Crippen molar-refractivity contribution in [2.45, 2.75) is 13.3 Å². The molecule has 0 atom stereocenters. The molecule has 1 aliphatic rings. The largest absolute Gasteiger partial charge is 0.481 e. The van der Waals surface area contributed by atoms with Crippen LogP contribution in [0, 0.1) is 12.8 Å². The first-order valence-corrected chi connectivity index (χ1v) is 5.45. The first kappa shape index (κ1) is 11.6. The van der Waals surface area contributed by atoms with E-state index in [9.17, 15) is 4.79 Å². The maximum absolute atomic E-state index is 10.5. The summed E-state index contributed by atoms with van der Waals surface area (Å²) in [5.41, 5.74) is 0.841. The average Bonchev–Trinajstić information content (AvgIpc) is 2.21. The molecule has 6 heteroatoms. The molecule has 1 aromatic heterocycles. The number of methoxy groups -OCH3 is 1. The molecule has 1 fully saturated rings. The van der Waals surface area contributed by atoms with E-state index in [2.05, 4.69) is 9.97 Å². The number of ether oxygens (including phenoxy) is 1. The number of carboxylic acid groups (broad SMARTS) is 1. The van der Waals surface area contributed by atoms with Crippen molar-refractivity contribution < 1.29 is 14.6 Å². The number of carbonyl (C=O) groups is 1. The molecule has 1 saturated heterocycles. The molecule has 1 aromatic rings. The van der Waals surface area contributed by atoms with E-state index in [0.717, 1.165) is 5.69 Å². The van der Waals surface area contributed by atoms with Gasteiger partial charge in [0.25, 0.3) is 0 Å². The Balaban J connectivity index is 2.01. The summed E-state index contributed by atoms with van der Waals surface area (Å²) in [5, 5.41) is 8.66. The fraction of sp³-hybridized carbons (Fsp3) is 0.545. The molecular weight excluding hydrogens is 222 g/mol. The van der Waals surface area contributed by atoms with Gasteiger partial charge in [-0.05, 0) is 6.92 Å². The highest BCUT2D eigenvalue weighted by atomic mass is 16.5. The van der Waals surface area contributed by atoms with Crippen LogP contribution < -0.4 is 9.64 Å². The molecule has 6 nitrogen and oxygen atoms in total. The minimum absolute atomic E-state index is 0.197. The number of aryl methyl sites for hydroxylation is 1. The number of anilines is 1. The lowest BCUT2D eigenvalue weighted by molar-refractivity contribution is -0.138. The van der Waals surface area contributed by atoms with Crippen LogP contribution in [0.4, 0.5) is 5.95 Å². The summed E-state index contributed by atoms with van der Waals surface area (Å²) in [6, 6.07) is 1.76. The number of aliphatic carboxylic acids is 1. The Morgan fingerprint density at radius 2 is 2.29 bits per heavy atom. The fourth-order valence-corrected chi connectivity index (χ4v) is 1.88. The molecule has 0 bridgehead atoms. The normalized spacial score (nSPS) is 15.5. The van der Waals surface area contributed by atoms with Crippen molar-refractivity contribution in [1.82, 2.24) is 9.97 Å². The van der Waals surface area contributed by atoms with Crippen molar-refractivity contribution in [3.63, 3.8) is 0 Å². The van der Waals surface area contributed by atoms with Gasteiger partial charge in [-0.15, -0.1) is 0 Å². The van der Waals surface area contributed by atoms with Gasteiger partial charge in [0.05, 0.1) is 13.5 Å². The summed E-state index contributed by atoms with van der Waals surface area (Å²) in [4.78, 5) is 21.0. The predicted molar refractivity (Wildman–Crippen MR) is 61.3 cm³/mol. The molecule has 0 saturated carbocycles. The van der Waals surface area contributed by atoms with Crippen molar-refractivity contribution in [2.24, 2.45) is 5.92 Å². The number of hydrogen-bond donors (Lipinski definition) is 1. The van der Waals surface area contributed by atoms with Crippen LogP contribution in [0.3, 0.4) is 0 Å². The summed E-state index contributed by atoms with van der Waals surface area (Å²) in [6.45, 7) is 3.26. The molecular formula is C11H15N3O3. The lowest BCUT2D eigenvalue weighted by atomic mass is 9.97. The van der Waals surface area contributed by atoms with E-state index < -0.39 is 5.97 Å². The summed E-state index contributed by atoms with van der Waals surface area (Å²) in [7, 11) is 1.56. The standard InChI is InChI=1S/C11H15N3O3/c1-7-3-9(17-2)13-11(12-7)14-5-8(6-14)4-10(15)16/h3,8H,4-6H2,1-2H3,(H,15,16). The number of nitrogens with zero attached hydrogens (tertiary/aromatic N) is 3. The molecule has 0 amide bonds. The van der Waals surface area contributed by atoms with Crippen LogP contribution in [0.15, 0.2) is 6.07 Å². The second kappa shape index (κ2) is 4.57. The fourth-order valence-electron chi connectivity index (χ4n) is 1.88. The summed E-state index contributed by atoms with van der Waals surface area (Å²) < 4.78 is 5.07. The smallest absolute Gasteiger partial charge is 0.303 e. The Bertz CT molecular complexity index is 430. The zero-order valence-corrected chi connectivity index (χ0v) is 9.88. The van der Waals surface area contributed by atoms with Crippen LogP contribution in [-0.2, 0) is 4.79 Å². The molecule has 0 aliphatic carbocycles. The molecule has 1 aliphatic heterocycles. The Hall–Kier alpha value is -1.85. The molecule has 2 rings (SSSR count). The van der Waals surface area contributed by atoms with E-state index in [0.29, 0.717) is 24.9 Å². The lowest BCUT2D eigenvalue weighted by Crippen LogP contribution is -2.48. The summed E-state index contributed by atoms with van der Waals surface area (Å²) >= 11 is 0. The van der Waals surface area contributed by atoms with Crippen molar-refractivity contribution in [1.29, 1.82) is 0 Å². The van der Waals surface area contributed by atoms with Crippen LogP contribution in [0.1, 0.15) is 12.1 Å². The number of aromatic nitrogens is 2. The van der Waals surface area contributed by atoms with E-state index in [1.54, 1.807) is 13.2 Å². The van der Waals surface area contributed by atoms with Gasteiger partial charge in [0.15, 0.2) is 0 Å². The van der Waals surface area contributed by atoms with Gasteiger partial charge in [0.1, 0.15) is 0 Å². The quantitative estimate of drug-likeness (QED) is 0.831. The van der Waals surface area contributed by atoms with E-state index in [4.69, 9.17) is 9.84 Å². The van der Waals surface area contributed by atoms with Gasteiger partial charge < -0.3 is 14.7 Å². The highest BCUT2D eigenvalue weighted by Crippen LogP contribution is 2.25. The average molecular weight is 237 g/mol. The van der Waals surface area contributed by atoms with Crippen molar-refractivity contribution in [2.75, 3.05) is 25.1 Å². The molecule has 17 heavy (non-hydrogen) atoms. The first-order chi connectivity index (χ1) is 8.08. The molecule has 2 heterocycles. The maximum Gasteiger partial charge on any atom is 0.303 e. The molecule has 1 N–H and O–H groups in total. The molecule has 92 valence electrons. The highest BCUT2D eigenvalue weighted by Gasteiger charge is 2.30. The minimum Gasteiger partial charge on any atom is -0.481 e. The lowest BCUT2D eigenvalue weighted by Gasteiger charge is -2.38. The van der Waals surface area contributed by atoms with Crippen LogP contribution in [0.2, 0.25) is 0 Å². The van der Waals surface area contributed by atoms with Crippen molar-refractivity contribution in [3.8, 4) is 5.88 Å². The van der Waals surface area contributed by atoms with Crippen LogP contribution in [-0.4, -0.2) is 41.2 Å². The second-order valence-corrected chi connectivity index (χ2v) is 4.22. The Kier molecular flexibility index (Phi) is 3.12. The maximum atomic E-state index is 10.5. The van der Waals surface area contributed by atoms with E-state index >= 15 is 0 Å². The third kappa shape index (κ3) is 2.64. The van der Waals surface area contributed by atoms with Gasteiger partial charge in [0.2, 0.25) is 11.8 Å². The number of rotatable bonds is 4. The topological polar surface area (TPSA) is 75.5 Å². The summed E-state index contributed by atoms with van der Waals surface area (Å²) in [6.07, 6.45) is 0.208. The third-order valence-electron chi connectivity index (χ3n) is 2.73. The molecule has 0 aromatic carbocycles. The van der Waals surface area contributed by atoms with Crippen molar-refractivity contribution in [3.05, 3.63) is 11.8 Å².